The number of nitrogens with zero attached hydrogens (tertiary/aromatic N) is 3. The number of carbonyl (C=O) groups excluding carboxylic acids is 1. The highest BCUT2D eigenvalue weighted by atomic mass is 79.9. The summed E-state index contributed by atoms with van der Waals surface area (Å²) >= 11 is 3.43. The van der Waals surface area contributed by atoms with E-state index in [9.17, 15) is 9.59 Å². The Morgan fingerprint density at radius 1 is 1.07 bits per heavy atom. The molecule has 0 unspecified atom stereocenters. The quantitative estimate of drug-likeness (QED) is 0.617. The van der Waals surface area contributed by atoms with Crippen molar-refractivity contribution in [2.24, 2.45) is 0 Å². The molecule has 1 amide bonds. The van der Waals surface area contributed by atoms with Gasteiger partial charge in [0.2, 0.25) is 0 Å². The van der Waals surface area contributed by atoms with E-state index in [1.807, 2.05) is 34.0 Å². The summed E-state index contributed by atoms with van der Waals surface area (Å²) in [7, 11) is 0. The van der Waals surface area contributed by atoms with Gasteiger partial charge in [-0.15, -0.1) is 0 Å². The minimum atomic E-state index is -0.315. The van der Waals surface area contributed by atoms with Crippen LogP contribution in [0.2, 0.25) is 0 Å². The van der Waals surface area contributed by atoms with Crippen LogP contribution < -0.4 is 11.0 Å². The summed E-state index contributed by atoms with van der Waals surface area (Å²) in [6.07, 6.45) is 9.46. The Bertz CT molecular complexity index is 835. The van der Waals surface area contributed by atoms with Crippen molar-refractivity contribution in [1.29, 1.82) is 0 Å². The van der Waals surface area contributed by atoms with Crippen LogP contribution >= 0.6 is 15.9 Å². The fourth-order valence-corrected chi connectivity index (χ4v) is 3.84. The molecule has 2 aromatic rings. The van der Waals surface area contributed by atoms with E-state index < -0.39 is 0 Å². The second-order valence-corrected chi connectivity index (χ2v) is 8.26. The molecule has 1 aromatic heterocycles. The van der Waals surface area contributed by atoms with Crippen LogP contribution in [0, 0.1) is 0 Å². The van der Waals surface area contributed by atoms with E-state index in [2.05, 4.69) is 28.3 Å². The van der Waals surface area contributed by atoms with Crippen LogP contribution in [0.3, 0.4) is 0 Å². The molecule has 0 bridgehead atoms. The number of nitrogens with one attached hydrogen (secondary N) is 1. The number of hydrazine groups is 1. The predicted molar refractivity (Wildman–Crippen MR) is 115 cm³/mol. The van der Waals surface area contributed by atoms with E-state index in [0.29, 0.717) is 6.54 Å². The van der Waals surface area contributed by atoms with E-state index in [-0.39, 0.29) is 17.0 Å². The molecule has 6 nitrogen and oxygen atoms in total. The van der Waals surface area contributed by atoms with Gasteiger partial charge < -0.3 is 0 Å². The van der Waals surface area contributed by atoms with Gasteiger partial charge in [0, 0.05) is 30.3 Å². The lowest BCUT2D eigenvalue weighted by atomic mass is 10.2. The molecule has 0 spiro atoms. The summed E-state index contributed by atoms with van der Waals surface area (Å²) in [5, 5.41) is 1.92. The normalized spacial score (nSPS) is 14.9. The number of rotatable bonds is 8. The molecule has 152 valence electrons. The standard InChI is InChI=1S/C21H29BrN4O2/c1-2-3-4-8-15-25-16-19(20(27)23-24-13-6-5-7-14-24)21(28)26(25)18-11-9-17(22)10-12-18/h9-12,16H,2-8,13-15H2,1H3,(H,23,27). The summed E-state index contributed by atoms with van der Waals surface area (Å²) < 4.78 is 4.45. The third-order valence-corrected chi connectivity index (χ3v) is 5.66. The van der Waals surface area contributed by atoms with Crippen LogP contribution in [0.5, 0.6) is 0 Å². The van der Waals surface area contributed by atoms with E-state index in [1.54, 1.807) is 10.9 Å². The first kappa shape index (κ1) is 20.9. The Morgan fingerprint density at radius 3 is 2.46 bits per heavy atom. The van der Waals surface area contributed by atoms with Crippen LogP contribution in [-0.4, -0.2) is 33.4 Å². The summed E-state index contributed by atoms with van der Waals surface area (Å²) in [4.78, 5) is 25.9. The number of amides is 1. The van der Waals surface area contributed by atoms with Crippen molar-refractivity contribution in [3.8, 4) is 5.69 Å². The molecule has 0 atom stereocenters. The number of hydrogen-bond acceptors (Lipinski definition) is 3. The smallest absolute Gasteiger partial charge is 0.284 e. The number of unbranched alkanes of at least 4 members (excludes halogenated alkanes) is 3. The van der Waals surface area contributed by atoms with Crippen LogP contribution in [0.4, 0.5) is 0 Å². The molecule has 2 heterocycles. The Balaban J connectivity index is 1.86. The lowest BCUT2D eigenvalue weighted by Gasteiger charge is -2.26. The molecular formula is C21H29BrN4O2. The predicted octanol–water partition coefficient (Wildman–Crippen LogP) is 4.11. The molecule has 0 radical (unpaired) electrons. The lowest BCUT2D eigenvalue weighted by molar-refractivity contribution is 0.0749. The highest BCUT2D eigenvalue weighted by Gasteiger charge is 2.21. The summed E-state index contributed by atoms with van der Waals surface area (Å²) in [5.41, 5.74) is 3.61. The summed E-state index contributed by atoms with van der Waals surface area (Å²) in [5.74, 6) is -0.315. The molecule has 1 fully saturated rings. The van der Waals surface area contributed by atoms with Gasteiger partial charge in [-0.2, -0.15) is 0 Å². The van der Waals surface area contributed by atoms with Crippen LogP contribution in [0.25, 0.3) is 5.69 Å². The number of aryl methyl sites for hydroxylation is 1. The average Bonchev–Trinajstić information content (AvgIpc) is 3.03. The zero-order valence-electron chi connectivity index (χ0n) is 16.5. The van der Waals surface area contributed by atoms with Gasteiger partial charge in [0.25, 0.3) is 11.5 Å². The number of benzene rings is 1. The largest absolute Gasteiger partial charge is 0.285 e. The van der Waals surface area contributed by atoms with Crippen LogP contribution in [0.15, 0.2) is 39.7 Å². The number of halogens is 1. The van der Waals surface area contributed by atoms with Gasteiger partial charge >= 0.3 is 0 Å². The Labute approximate surface area is 174 Å². The third kappa shape index (κ3) is 5.14. The molecule has 1 aliphatic heterocycles. The minimum Gasteiger partial charge on any atom is -0.285 e. The second-order valence-electron chi connectivity index (χ2n) is 7.35. The van der Waals surface area contributed by atoms with Gasteiger partial charge in [-0.25, -0.2) is 9.69 Å². The number of aromatic nitrogens is 2. The SMILES string of the molecule is CCCCCCn1cc(C(=O)NN2CCCCC2)c(=O)n1-c1ccc(Br)cc1. The Hall–Kier alpha value is -1.86. The second kappa shape index (κ2) is 10.1. The minimum absolute atomic E-state index is 0.198. The number of piperidine rings is 1. The van der Waals surface area contributed by atoms with Gasteiger partial charge in [-0.1, -0.05) is 48.5 Å². The van der Waals surface area contributed by atoms with E-state index in [4.69, 9.17) is 0 Å². The zero-order valence-corrected chi connectivity index (χ0v) is 18.1. The molecule has 1 aliphatic rings. The first-order valence-corrected chi connectivity index (χ1v) is 11.0. The van der Waals surface area contributed by atoms with Crippen molar-refractivity contribution in [2.75, 3.05) is 13.1 Å². The van der Waals surface area contributed by atoms with Crippen molar-refractivity contribution >= 4 is 21.8 Å². The van der Waals surface area contributed by atoms with Crippen molar-refractivity contribution in [1.82, 2.24) is 19.8 Å². The van der Waals surface area contributed by atoms with E-state index in [1.165, 1.54) is 12.8 Å². The van der Waals surface area contributed by atoms with Gasteiger partial charge in [-0.3, -0.25) is 19.7 Å². The topological polar surface area (TPSA) is 59.3 Å². The van der Waals surface area contributed by atoms with E-state index >= 15 is 0 Å². The number of carbonyl (C=O) groups is 1. The Morgan fingerprint density at radius 2 is 1.79 bits per heavy atom. The van der Waals surface area contributed by atoms with Gasteiger partial charge in [0.15, 0.2) is 0 Å². The molecule has 28 heavy (non-hydrogen) atoms. The maximum absolute atomic E-state index is 13.1. The van der Waals surface area contributed by atoms with Gasteiger partial charge in [0.1, 0.15) is 5.56 Å². The average molecular weight is 449 g/mol. The molecule has 1 aromatic carbocycles. The van der Waals surface area contributed by atoms with Crippen LogP contribution in [0.1, 0.15) is 62.2 Å². The molecule has 0 aliphatic carbocycles. The van der Waals surface area contributed by atoms with E-state index in [0.717, 1.165) is 55.4 Å². The first-order chi connectivity index (χ1) is 13.6. The monoisotopic (exact) mass is 448 g/mol. The van der Waals surface area contributed by atoms with Gasteiger partial charge in [-0.05, 0) is 43.5 Å². The number of hydrogen-bond donors (Lipinski definition) is 1. The van der Waals surface area contributed by atoms with Crippen molar-refractivity contribution < 1.29 is 4.79 Å². The van der Waals surface area contributed by atoms with Crippen LogP contribution in [-0.2, 0) is 6.54 Å². The van der Waals surface area contributed by atoms with Crippen molar-refractivity contribution in [2.45, 2.75) is 58.4 Å². The molecular weight excluding hydrogens is 420 g/mol. The maximum atomic E-state index is 13.1. The highest BCUT2D eigenvalue weighted by molar-refractivity contribution is 9.10. The summed E-state index contributed by atoms with van der Waals surface area (Å²) in [6.45, 7) is 4.56. The Kier molecular flexibility index (Phi) is 7.50. The maximum Gasteiger partial charge on any atom is 0.284 e. The molecule has 1 N–H and O–H groups in total. The fraction of sp³-hybridized carbons (Fsp3) is 0.524. The molecule has 0 saturated carbocycles. The third-order valence-electron chi connectivity index (χ3n) is 5.13. The highest BCUT2D eigenvalue weighted by Crippen LogP contribution is 2.15. The fourth-order valence-electron chi connectivity index (χ4n) is 3.57. The molecule has 3 rings (SSSR count). The van der Waals surface area contributed by atoms with Crippen molar-refractivity contribution in [3.63, 3.8) is 0 Å². The first-order valence-electron chi connectivity index (χ1n) is 10.2. The molecule has 7 heteroatoms. The zero-order chi connectivity index (χ0) is 19.9. The lowest BCUT2D eigenvalue weighted by Crippen LogP contribution is -2.46. The summed E-state index contributed by atoms with van der Waals surface area (Å²) in [6, 6.07) is 7.59. The van der Waals surface area contributed by atoms with Gasteiger partial charge in [0.05, 0.1) is 5.69 Å². The molecule has 1 saturated heterocycles. The van der Waals surface area contributed by atoms with Crippen molar-refractivity contribution in [3.05, 3.63) is 50.9 Å².